The van der Waals surface area contributed by atoms with Gasteiger partial charge in [-0.3, -0.25) is 9.36 Å². The van der Waals surface area contributed by atoms with E-state index >= 15 is 0 Å². The van der Waals surface area contributed by atoms with Crippen molar-refractivity contribution in [3.8, 4) is 5.75 Å². The van der Waals surface area contributed by atoms with Gasteiger partial charge in [0, 0.05) is 11.6 Å². The fourth-order valence-electron chi connectivity index (χ4n) is 5.38. The molecular formula is C24H33N3O3. The number of rotatable bonds is 4. The Morgan fingerprint density at radius 2 is 1.57 bits per heavy atom. The van der Waals surface area contributed by atoms with Gasteiger partial charge < -0.3 is 16.2 Å². The number of aromatic nitrogens is 1. The molecule has 0 unspecified atom stereocenters. The van der Waals surface area contributed by atoms with Crippen molar-refractivity contribution in [2.75, 3.05) is 0 Å². The van der Waals surface area contributed by atoms with Crippen LogP contribution in [0.3, 0.4) is 0 Å². The molecular weight excluding hydrogens is 378 g/mol. The third kappa shape index (κ3) is 3.92. The van der Waals surface area contributed by atoms with E-state index in [9.17, 15) is 9.59 Å². The summed E-state index contributed by atoms with van der Waals surface area (Å²) in [7, 11) is 0. The van der Waals surface area contributed by atoms with Crippen LogP contribution in [0.15, 0.2) is 24.4 Å². The Morgan fingerprint density at radius 1 is 0.933 bits per heavy atom. The lowest BCUT2D eigenvalue weighted by Crippen LogP contribution is -2.40. The largest absolute Gasteiger partial charge is 0.490 e. The first-order chi connectivity index (χ1) is 14.5. The predicted molar refractivity (Wildman–Crippen MR) is 118 cm³/mol. The third-order valence-corrected chi connectivity index (χ3v) is 7.06. The molecule has 2 saturated carbocycles. The van der Waals surface area contributed by atoms with Gasteiger partial charge in [0.2, 0.25) is 5.91 Å². The standard InChI is InChI=1S/C24H33N3O3/c25-22(28)24(13-7-3-4-8-14-24)20-16-27(23(26)29)21-12-11-18(15-19(20)21)30-17-9-5-1-2-6-10-17/h11-12,15-17H,1-10,13-14H2,(H2,25,28)(H2,26,29). The Bertz CT molecular complexity index is 917. The third-order valence-electron chi connectivity index (χ3n) is 7.06. The van der Waals surface area contributed by atoms with Gasteiger partial charge in [-0.2, -0.15) is 0 Å². The maximum atomic E-state index is 12.8. The van der Waals surface area contributed by atoms with Gasteiger partial charge in [-0.25, -0.2) is 4.79 Å². The Labute approximate surface area is 177 Å². The number of primary amides is 2. The Kier molecular flexibility index (Phi) is 6.02. The summed E-state index contributed by atoms with van der Waals surface area (Å²) in [6, 6.07) is 5.20. The molecule has 6 nitrogen and oxygen atoms in total. The van der Waals surface area contributed by atoms with Gasteiger partial charge in [0.15, 0.2) is 0 Å². The number of carbonyl (C=O) groups is 2. The molecule has 1 aromatic carbocycles. The molecule has 2 fully saturated rings. The minimum absolute atomic E-state index is 0.217. The quantitative estimate of drug-likeness (QED) is 0.710. The van der Waals surface area contributed by atoms with Crippen molar-refractivity contribution >= 4 is 22.8 Å². The molecule has 4 N–H and O–H groups in total. The lowest BCUT2D eigenvalue weighted by atomic mass is 9.73. The molecule has 2 aliphatic rings. The zero-order chi connectivity index (χ0) is 21.1. The van der Waals surface area contributed by atoms with Crippen LogP contribution in [-0.2, 0) is 10.2 Å². The molecule has 2 amide bonds. The minimum atomic E-state index is -0.767. The van der Waals surface area contributed by atoms with Crippen LogP contribution in [0.25, 0.3) is 10.9 Å². The van der Waals surface area contributed by atoms with Gasteiger partial charge in [0.05, 0.1) is 17.0 Å². The summed E-state index contributed by atoms with van der Waals surface area (Å²) in [6.45, 7) is 0. The van der Waals surface area contributed by atoms with Crippen LogP contribution in [0.1, 0.15) is 82.6 Å². The topological polar surface area (TPSA) is 100 Å². The molecule has 6 heteroatoms. The average Bonchev–Trinajstić information content (AvgIpc) is 2.89. The van der Waals surface area contributed by atoms with Gasteiger partial charge in [0.25, 0.3) is 0 Å². The summed E-state index contributed by atoms with van der Waals surface area (Å²) >= 11 is 0. The lowest BCUT2D eigenvalue weighted by Gasteiger charge is -2.29. The van der Waals surface area contributed by atoms with Crippen molar-refractivity contribution in [1.82, 2.24) is 4.57 Å². The van der Waals surface area contributed by atoms with E-state index in [1.807, 2.05) is 18.2 Å². The Hall–Kier alpha value is -2.50. The molecule has 0 atom stereocenters. The fourth-order valence-corrected chi connectivity index (χ4v) is 5.38. The van der Waals surface area contributed by atoms with Crippen molar-refractivity contribution in [3.63, 3.8) is 0 Å². The number of carbonyl (C=O) groups excluding carboxylic acids is 2. The van der Waals surface area contributed by atoms with Gasteiger partial charge in [0.1, 0.15) is 5.75 Å². The summed E-state index contributed by atoms with van der Waals surface area (Å²) in [5.41, 5.74) is 12.4. The normalized spacial score (nSPS) is 20.4. The van der Waals surface area contributed by atoms with Crippen LogP contribution in [0.5, 0.6) is 5.75 Å². The van der Waals surface area contributed by atoms with Crippen molar-refractivity contribution in [1.29, 1.82) is 0 Å². The zero-order valence-corrected chi connectivity index (χ0v) is 17.7. The Balaban J connectivity index is 1.79. The molecule has 1 heterocycles. The van der Waals surface area contributed by atoms with Crippen LogP contribution in [0, 0.1) is 0 Å². The average molecular weight is 412 g/mol. The van der Waals surface area contributed by atoms with E-state index < -0.39 is 11.4 Å². The highest BCUT2D eigenvalue weighted by atomic mass is 16.5. The fraction of sp³-hybridized carbons (Fsp3) is 0.583. The van der Waals surface area contributed by atoms with E-state index in [4.69, 9.17) is 16.2 Å². The van der Waals surface area contributed by atoms with Crippen molar-refractivity contribution in [2.45, 2.75) is 88.6 Å². The number of hydrogen-bond donors (Lipinski definition) is 2. The lowest BCUT2D eigenvalue weighted by molar-refractivity contribution is -0.124. The van der Waals surface area contributed by atoms with E-state index in [1.54, 1.807) is 6.20 Å². The molecule has 0 spiro atoms. The number of benzene rings is 1. The van der Waals surface area contributed by atoms with E-state index in [1.165, 1.54) is 30.3 Å². The molecule has 1 aromatic heterocycles. The van der Waals surface area contributed by atoms with Gasteiger partial charge in [-0.1, -0.05) is 38.5 Å². The molecule has 0 radical (unpaired) electrons. The number of nitrogens with two attached hydrogens (primary N) is 2. The number of ether oxygens (including phenoxy) is 1. The maximum Gasteiger partial charge on any atom is 0.323 e. The molecule has 0 aliphatic heterocycles. The number of fused-ring (bicyclic) bond motifs is 1. The zero-order valence-electron chi connectivity index (χ0n) is 17.7. The molecule has 2 aliphatic carbocycles. The number of amides is 2. The highest BCUT2D eigenvalue weighted by Crippen LogP contribution is 2.43. The SMILES string of the molecule is NC(=O)n1cc(C2(C(N)=O)CCCCCC2)c2cc(OC3CCCCCC3)ccc21. The molecule has 0 bridgehead atoms. The van der Waals surface area contributed by atoms with Gasteiger partial charge in [-0.05, 0) is 62.3 Å². The van der Waals surface area contributed by atoms with E-state index in [0.717, 1.165) is 55.2 Å². The van der Waals surface area contributed by atoms with E-state index in [0.29, 0.717) is 18.4 Å². The smallest absolute Gasteiger partial charge is 0.323 e. The van der Waals surface area contributed by atoms with E-state index in [2.05, 4.69) is 0 Å². The first-order valence-corrected chi connectivity index (χ1v) is 11.4. The molecule has 162 valence electrons. The van der Waals surface area contributed by atoms with Crippen LogP contribution in [-0.4, -0.2) is 22.6 Å². The second kappa shape index (κ2) is 8.70. The molecule has 0 saturated heterocycles. The summed E-state index contributed by atoms with van der Waals surface area (Å²) in [5.74, 6) is 0.467. The van der Waals surface area contributed by atoms with E-state index in [-0.39, 0.29) is 12.0 Å². The summed E-state index contributed by atoms with van der Waals surface area (Å²) in [5, 5.41) is 0.848. The monoisotopic (exact) mass is 411 g/mol. The van der Waals surface area contributed by atoms with Crippen LogP contribution in [0.2, 0.25) is 0 Å². The molecule has 4 rings (SSSR count). The second-order valence-electron chi connectivity index (χ2n) is 9.02. The molecule has 30 heavy (non-hydrogen) atoms. The second-order valence-corrected chi connectivity index (χ2v) is 9.02. The van der Waals surface area contributed by atoms with Gasteiger partial charge >= 0.3 is 6.03 Å². The first kappa shape index (κ1) is 20.8. The predicted octanol–water partition coefficient (Wildman–Crippen LogP) is 4.75. The summed E-state index contributed by atoms with van der Waals surface area (Å²) in [6.07, 6.45) is 14.5. The van der Waals surface area contributed by atoms with Crippen molar-refractivity contribution < 1.29 is 14.3 Å². The van der Waals surface area contributed by atoms with Crippen LogP contribution in [0.4, 0.5) is 4.79 Å². The summed E-state index contributed by atoms with van der Waals surface area (Å²) < 4.78 is 7.77. The number of hydrogen-bond acceptors (Lipinski definition) is 3. The van der Waals surface area contributed by atoms with Crippen molar-refractivity contribution in [2.24, 2.45) is 11.5 Å². The van der Waals surface area contributed by atoms with Crippen LogP contribution < -0.4 is 16.2 Å². The highest BCUT2D eigenvalue weighted by molar-refractivity contribution is 5.99. The number of nitrogens with zero attached hydrogens (tertiary/aromatic N) is 1. The molecule has 2 aromatic rings. The van der Waals surface area contributed by atoms with Gasteiger partial charge in [-0.15, -0.1) is 0 Å². The highest BCUT2D eigenvalue weighted by Gasteiger charge is 2.41. The van der Waals surface area contributed by atoms with Crippen molar-refractivity contribution in [3.05, 3.63) is 30.0 Å². The minimum Gasteiger partial charge on any atom is -0.490 e. The maximum absolute atomic E-state index is 12.8. The summed E-state index contributed by atoms with van der Waals surface area (Å²) in [4.78, 5) is 24.9. The Morgan fingerprint density at radius 3 is 2.17 bits per heavy atom. The first-order valence-electron chi connectivity index (χ1n) is 11.4. The van der Waals surface area contributed by atoms with Crippen LogP contribution >= 0.6 is 0 Å².